The molecule has 136 valence electrons. The molecule has 3 heteroatoms. The number of nitrogens with one attached hydrogen (secondary N) is 1. The number of carbonyl (C=O) groups is 1. The number of hydrazone groups is 1. The summed E-state index contributed by atoms with van der Waals surface area (Å²) >= 11 is 0. The van der Waals surface area contributed by atoms with Crippen molar-refractivity contribution in [3.8, 4) is 0 Å². The molecule has 0 spiro atoms. The van der Waals surface area contributed by atoms with Crippen LogP contribution in [0.1, 0.15) is 51.0 Å². The number of hydrogen-bond acceptors (Lipinski definition) is 2. The zero-order chi connectivity index (χ0) is 18.0. The van der Waals surface area contributed by atoms with Gasteiger partial charge < -0.3 is 0 Å². The van der Waals surface area contributed by atoms with Crippen LogP contribution >= 0.6 is 0 Å². The number of rotatable bonds is 5. The van der Waals surface area contributed by atoms with Gasteiger partial charge in [0.2, 0.25) is 5.91 Å². The molecule has 5 rings (SSSR count). The van der Waals surface area contributed by atoms with Crippen LogP contribution < -0.4 is 5.43 Å². The van der Waals surface area contributed by atoms with Gasteiger partial charge in [-0.3, -0.25) is 4.79 Å². The van der Waals surface area contributed by atoms with Gasteiger partial charge in [-0.25, -0.2) is 5.43 Å². The second-order valence-electron chi connectivity index (χ2n) is 8.52. The summed E-state index contributed by atoms with van der Waals surface area (Å²) in [6.45, 7) is 1.92. The van der Waals surface area contributed by atoms with Crippen LogP contribution in [0.15, 0.2) is 53.7 Å². The predicted octanol–water partition coefficient (Wildman–Crippen LogP) is 4.96. The van der Waals surface area contributed by atoms with Crippen molar-refractivity contribution in [1.82, 2.24) is 5.43 Å². The molecule has 4 saturated carbocycles. The first-order valence-corrected chi connectivity index (χ1v) is 9.87. The van der Waals surface area contributed by atoms with Crippen molar-refractivity contribution in [3.63, 3.8) is 0 Å². The van der Waals surface area contributed by atoms with Crippen molar-refractivity contribution in [2.75, 3.05) is 0 Å². The van der Waals surface area contributed by atoms with Gasteiger partial charge in [-0.1, -0.05) is 48.6 Å². The molecule has 4 bridgehead atoms. The Bertz CT molecular complexity index is 709. The third-order valence-electron chi connectivity index (χ3n) is 6.39. The Labute approximate surface area is 156 Å². The molecule has 4 aliphatic rings. The van der Waals surface area contributed by atoms with E-state index in [-0.39, 0.29) is 11.3 Å². The predicted molar refractivity (Wildman–Crippen MR) is 106 cm³/mol. The summed E-state index contributed by atoms with van der Waals surface area (Å²) < 4.78 is 0. The van der Waals surface area contributed by atoms with E-state index < -0.39 is 0 Å². The largest absolute Gasteiger partial charge is 0.273 e. The summed E-state index contributed by atoms with van der Waals surface area (Å²) in [4.78, 5) is 12.9. The molecular weight excluding hydrogens is 320 g/mol. The highest BCUT2D eigenvalue weighted by molar-refractivity contribution is 5.94. The van der Waals surface area contributed by atoms with E-state index >= 15 is 0 Å². The molecule has 1 aromatic rings. The standard InChI is InChI=1S/C23H28N2O/c1-17(7-5-6-10-18-8-3-2-4-9-18)24-25-22(26)23-14-19-11-20(15-23)13-21(12-19)16-23/h2-10,19-21H,11-16H2,1H3,(H,25,26)/b7-5+,10-6+,24-17+. The van der Waals surface area contributed by atoms with Crippen LogP contribution in [0.2, 0.25) is 0 Å². The average Bonchev–Trinajstić information content (AvgIpc) is 2.63. The zero-order valence-corrected chi connectivity index (χ0v) is 15.5. The highest BCUT2D eigenvalue weighted by Crippen LogP contribution is 2.60. The first kappa shape index (κ1) is 17.3. The van der Waals surface area contributed by atoms with Crippen molar-refractivity contribution in [1.29, 1.82) is 0 Å². The van der Waals surface area contributed by atoms with Crippen LogP contribution in [0, 0.1) is 23.2 Å². The minimum Gasteiger partial charge on any atom is -0.273 e. The lowest BCUT2D eigenvalue weighted by Crippen LogP contribution is -2.52. The molecule has 0 aromatic heterocycles. The molecule has 4 aliphatic carbocycles. The minimum absolute atomic E-state index is 0.130. The highest BCUT2D eigenvalue weighted by Gasteiger charge is 2.54. The molecular formula is C23H28N2O. The molecule has 0 heterocycles. The van der Waals surface area contributed by atoms with Crippen LogP contribution in [0.3, 0.4) is 0 Å². The fourth-order valence-electron chi connectivity index (χ4n) is 5.61. The summed E-state index contributed by atoms with van der Waals surface area (Å²) in [5, 5.41) is 4.32. The highest BCUT2D eigenvalue weighted by atomic mass is 16.2. The van der Waals surface area contributed by atoms with Gasteiger partial charge >= 0.3 is 0 Å². The Balaban J connectivity index is 1.33. The SMILES string of the molecule is CC(/C=C/C=C/c1ccccc1)=N\NC(=O)C12CC3CC(CC(C3)C1)C2. The lowest BCUT2D eigenvalue weighted by atomic mass is 9.49. The summed E-state index contributed by atoms with van der Waals surface area (Å²) in [6, 6.07) is 10.2. The first-order chi connectivity index (χ1) is 12.6. The van der Waals surface area contributed by atoms with Crippen molar-refractivity contribution >= 4 is 17.7 Å². The van der Waals surface area contributed by atoms with Gasteiger partial charge in [-0.2, -0.15) is 5.10 Å². The van der Waals surface area contributed by atoms with Crippen molar-refractivity contribution < 1.29 is 4.79 Å². The Morgan fingerprint density at radius 2 is 1.65 bits per heavy atom. The molecule has 0 saturated heterocycles. The summed E-state index contributed by atoms with van der Waals surface area (Å²) in [7, 11) is 0. The number of allylic oxidation sites excluding steroid dienone is 3. The van der Waals surface area contributed by atoms with Gasteiger partial charge in [0.1, 0.15) is 0 Å². The number of benzene rings is 1. The first-order valence-electron chi connectivity index (χ1n) is 9.87. The third-order valence-corrected chi connectivity index (χ3v) is 6.39. The van der Waals surface area contributed by atoms with Crippen LogP contribution in [0.25, 0.3) is 6.08 Å². The Hall–Kier alpha value is -2.16. The van der Waals surface area contributed by atoms with Crippen LogP contribution in [-0.4, -0.2) is 11.6 Å². The molecule has 1 aromatic carbocycles. The van der Waals surface area contributed by atoms with Gasteiger partial charge in [0.15, 0.2) is 0 Å². The maximum atomic E-state index is 12.9. The van der Waals surface area contributed by atoms with Crippen LogP contribution in [-0.2, 0) is 4.79 Å². The van der Waals surface area contributed by atoms with E-state index in [0.717, 1.165) is 42.7 Å². The summed E-state index contributed by atoms with van der Waals surface area (Å²) in [5.41, 5.74) is 4.73. The van der Waals surface area contributed by atoms with Crippen molar-refractivity contribution in [3.05, 3.63) is 54.1 Å². The lowest BCUT2D eigenvalue weighted by Gasteiger charge is -2.55. The Morgan fingerprint density at radius 1 is 1.04 bits per heavy atom. The molecule has 1 amide bonds. The smallest absolute Gasteiger partial charge is 0.246 e. The number of nitrogens with zero attached hydrogens (tertiary/aromatic N) is 1. The molecule has 0 unspecified atom stereocenters. The van der Waals surface area contributed by atoms with Gasteiger partial charge in [-0.15, -0.1) is 0 Å². The molecule has 0 atom stereocenters. The minimum atomic E-state index is -0.130. The molecule has 4 fully saturated rings. The third kappa shape index (κ3) is 3.67. The van der Waals surface area contributed by atoms with E-state index in [2.05, 4.69) is 28.7 Å². The molecule has 0 aliphatic heterocycles. The Kier molecular flexibility index (Phi) is 4.80. The second kappa shape index (κ2) is 7.22. The maximum absolute atomic E-state index is 12.9. The fourth-order valence-corrected chi connectivity index (χ4v) is 5.61. The Morgan fingerprint density at radius 3 is 2.27 bits per heavy atom. The van der Waals surface area contributed by atoms with Crippen LogP contribution in [0.5, 0.6) is 0 Å². The van der Waals surface area contributed by atoms with Crippen molar-refractivity contribution in [2.24, 2.45) is 28.3 Å². The average molecular weight is 348 g/mol. The van der Waals surface area contributed by atoms with E-state index in [1.165, 1.54) is 24.8 Å². The van der Waals surface area contributed by atoms with Crippen LogP contribution in [0.4, 0.5) is 0 Å². The molecule has 26 heavy (non-hydrogen) atoms. The maximum Gasteiger partial charge on any atom is 0.246 e. The monoisotopic (exact) mass is 348 g/mol. The summed E-state index contributed by atoms with van der Waals surface area (Å²) in [6.07, 6.45) is 15.2. The molecule has 1 N–H and O–H groups in total. The van der Waals surface area contributed by atoms with Crippen molar-refractivity contribution in [2.45, 2.75) is 45.4 Å². The zero-order valence-electron chi connectivity index (χ0n) is 15.5. The quantitative estimate of drug-likeness (QED) is 0.456. The van der Waals surface area contributed by atoms with E-state index in [1.54, 1.807) is 0 Å². The van der Waals surface area contributed by atoms with E-state index in [9.17, 15) is 4.79 Å². The van der Waals surface area contributed by atoms with Gasteiger partial charge in [-0.05, 0) is 74.8 Å². The van der Waals surface area contributed by atoms with Gasteiger partial charge in [0, 0.05) is 0 Å². The van der Waals surface area contributed by atoms with Gasteiger partial charge in [0.05, 0.1) is 11.1 Å². The fraction of sp³-hybridized carbons (Fsp3) is 0.478. The van der Waals surface area contributed by atoms with Gasteiger partial charge in [0.25, 0.3) is 0 Å². The normalized spacial score (nSPS) is 33.3. The molecule has 0 radical (unpaired) electrons. The van der Waals surface area contributed by atoms with E-state index in [4.69, 9.17) is 0 Å². The topological polar surface area (TPSA) is 41.5 Å². The summed E-state index contributed by atoms with van der Waals surface area (Å²) in [5.74, 6) is 2.49. The van der Waals surface area contributed by atoms with E-state index in [1.807, 2.05) is 43.4 Å². The number of carbonyl (C=O) groups excluding carboxylic acids is 1. The number of hydrogen-bond donors (Lipinski definition) is 1. The molecule has 3 nitrogen and oxygen atoms in total. The van der Waals surface area contributed by atoms with E-state index in [0.29, 0.717) is 0 Å². The second-order valence-corrected chi connectivity index (χ2v) is 8.52. The lowest BCUT2D eigenvalue weighted by molar-refractivity contribution is -0.146. The number of amides is 1.